The Labute approximate surface area is 116 Å². The molecule has 0 aromatic carbocycles. The van der Waals surface area contributed by atoms with Gasteiger partial charge in [-0.1, -0.05) is 43.2 Å². The SMILES string of the molecule is C=CCC/C=C\CC(CC)CC(=O)/C(=C/Cl)NC. The molecule has 1 N–H and O–H groups in total. The van der Waals surface area contributed by atoms with Crippen molar-refractivity contribution < 1.29 is 4.79 Å². The predicted octanol–water partition coefficient (Wildman–Crippen LogP) is 4.18. The number of carbonyl (C=O) groups excluding carboxylic acids is 1. The van der Waals surface area contributed by atoms with E-state index in [1.54, 1.807) is 7.05 Å². The molecule has 0 heterocycles. The number of rotatable bonds is 10. The van der Waals surface area contributed by atoms with Crippen LogP contribution in [0.25, 0.3) is 0 Å². The zero-order valence-corrected chi connectivity index (χ0v) is 12.2. The van der Waals surface area contributed by atoms with Crippen molar-refractivity contribution in [3.8, 4) is 0 Å². The van der Waals surface area contributed by atoms with Gasteiger partial charge in [0.05, 0.1) is 5.70 Å². The number of hydrogen-bond donors (Lipinski definition) is 1. The lowest BCUT2D eigenvalue weighted by molar-refractivity contribution is -0.116. The molecule has 0 amide bonds. The summed E-state index contributed by atoms with van der Waals surface area (Å²) in [5, 5.41) is 2.82. The second kappa shape index (κ2) is 11.1. The minimum absolute atomic E-state index is 0.0823. The van der Waals surface area contributed by atoms with E-state index in [2.05, 4.69) is 31.0 Å². The molecule has 0 aliphatic carbocycles. The first-order valence-electron chi connectivity index (χ1n) is 6.46. The van der Waals surface area contributed by atoms with Gasteiger partial charge in [0, 0.05) is 19.0 Å². The maximum absolute atomic E-state index is 11.9. The highest BCUT2D eigenvalue weighted by atomic mass is 35.5. The number of likely N-dealkylation sites (N-methyl/N-ethyl adjacent to an activating group) is 1. The Bertz CT molecular complexity index is 308. The van der Waals surface area contributed by atoms with E-state index in [4.69, 9.17) is 11.6 Å². The van der Waals surface area contributed by atoms with Gasteiger partial charge in [-0.15, -0.1) is 6.58 Å². The smallest absolute Gasteiger partial charge is 0.179 e. The van der Waals surface area contributed by atoms with Crippen LogP contribution in [0.5, 0.6) is 0 Å². The molecule has 0 spiro atoms. The minimum atomic E-state index is 0.0823. The second-order valence-electron chi connectivity index (χ2n) is 4.25. The number of nitrogens with one attached hydrogen (secondary N) is 1. The van der Waals surface area contributed by atoms with E-state index in [-0.39, 0.29) is 5.78 Å². The van der Waals surface area contributed by atoms with Crippen molar-refractivity contribution in [2.45, 2.75) is 39.0 Å². The molecule has 0 fully saturated rings. The molecule has 0 saturated heterocycles. The first-order chi connectivity index (χ1) is 8.69. The number of hydrogen-bond acceptors (Lipinski definition) is 2. The van der Waals surface area contributed by atoms with Crippen LogP contribution in [0.1, 0.15) is 39.0 Å². The maximum Gasteiger partial charge on any atom is 0.179 e. The van der Waals surface area contributed by atoms with Gasteiger partial charge in [-0.3, -0.25) is 4.79 Å². The van der Waals surface area contributed by atoms with E-state index in [0.29, 0.717) is 18.0 Å². The van der Waals surface area contributed by atoms with Gasteiger partial charge in [0.25, 0.3) is 0 Å². The van der Waals surface area contributed by atoms with E-state index in [9.17, 15) is 4.79 Å². The van der Waals surface area contributed by atoms with Crippen LogP contribution < -0.4 is 5.32 Å². The summed E-state index contributed by atoms with van der Waals surface area (Å²) in [5.41, 5.74) is 1.81. The highest BCUT2D eigenvalue weighted by Crippen LogP contribution is 2.16. The Hall–Kier alpha value is -1.02. The van der Waals surface area contributed by atoms with Crippen LogP contribution >= 0.6 is 11.6 Å². The summed E-state index contributed by atoms with van der Waals surface area (Å²) in [5.74, 6) is 0.469. The van der Waals surface area contributed by atoms with E-state index < -0.39 is 0 Å². The summed E-state index contributed by atoms with van der Waals surface area (Å²) >= 11 is 5.58. The fourth-order valence-electron chi connectivity index (χ4n) is 1.64. The third-order valence-electron chi connectivity index (χ3n) is 2.90. The van der Waals surface area contributed by atoms with Crippen LogP contribution in [0.2, 0.25) is 0 Å². The van der Waals surface area contributed by atoms with Gasteiger partial charge >= 0.3 is 0 Å². The van der Waals surface area contributed by atoms with Gasteiger partial charge in [-0.2, -0.15) is 0 Å². The average molecular weight is 270 g/mol. The third kappa shape index (κ3) is 7.33. The molecular weight excluding hydrogens is 246 g/mol. The Kier molecular flexibility index (Phi) is 10.5. The molecule has 102 valence electrons. The summed E-state index contributed by atoms with van der Waals surface area (Å²) < 4.78 is 0. The first kappa shape index (κ1) is 17.0. The van der Waals surface area contributed by atoms with Crippen LogP contribution in [-0.4, -0.2) is 12.8 Å². The molecule has 0 saturated carbocycles. The van der Waals surface area contributed by atoms with Crippen molar-refractivity contribution in [2.24, 2.45) is 5.92 Å². The van der Waals surface area contributed by atoms with Crippen molar-refractivity contribution in [1.29, 1.82) is 0 Å². The van der Waals surface area contributed by atoms with Crippen molar-refractivity contribution >= 4 is 17.4 Å². The van der Waals surface area contributed by atoms with Gasteiger partial charge in [0.1, 0.15) is 0 Å². The van der Waals surface area contributed by atoms with Crippen molar-refractivity contribution in [3.63, 3.8) is 0 Å². The molecule has 1 atom stereocenters. The molecule has 0 aromatic rings. The van der Waals surface area contributed by atoms with Crippen LogP contribution in [0.3, 0.4) is 0 Å². The molecule has 1 unspecified atom stereocenters. The molecule has 0 bridgehead atoms. The van der Waals surface area contributed by atoms with Gasteiger partial charge in [-0.05, 0) is 25.2 Å². The number of carbonyl (C=O) groups is 1. The first-order valence-corrected chi connectivity index (χ1v) is 6.90. The summed E-state index contributed by atoms with van der Waals surface area (Å²) in [6, 6.07) is 0. The highest BCUT2D eigenvalue weighted by Gasteiger charge is 2.13. The molecule has 0 aromatic heterocycles. The summed E-state index contributed by atoms with van der Waals surface area (Å²) in [4.78, 5) is 11.9. The molecule has 0 aliphatic heterocycles. The van der Waals surface area contributed by atoms with E-state index in [0.717, 1.165) is 25.7 Å². The molecular formula is C15H24ClNO. The summed E-state index contributed by atoms with van der Waals surface area (Å²) in [6.45, 7) is 5.79. The van der Waals surface area contributed by atoms with Crippen LogP contribution in [0.4, 0.5) is 0 Å². The van der Waals surface area contributed by atoms with E-state index >= 15 is 0 Å². The number of Topliss-reactive ketones (excluding diaryl/α,β-unsaturated/α-hetero) is 1. The molecule has 0 radical (unpaired) electrons. The maximum atomic E-state index is 11.9. The van der Waals surface area contributed by atoms with Crippen molar-refractivity contribution in [1.82, 2.24) is 5.32 Å². The largest absolute Gasteiger partial charge is 0.385 e. The quantitative estimate of drug-likeness (QED) is 0.366. The van der Waals surface area contributed by atoms with Gasteiger partial charge in [-0.25, -0.2) is 0 Å². The van der Waals surface area contributed by atoms with Crippen LogP contribution in [-0.2, 0) is 4.79 Å². The fourth-order valence-corrected chi connectivity index (χ4v) is 1.87. The standard InChI is InChI=1S/C15H24ClNO/c1-4-6-7-8-9-10-13(5-2)11-15(18)14(12-16)17-3/h4,8-9,12-13,17H,1,5-7,10-11H2,2-3H3/b9-8-,14-12-. The topological polar surface area (TPSA) is 29.1 Å². The molecule has 0 rings (SSSR count). The molecule has 3 heteroatoms. The highest BCUT2D eigenvalue weighted by molar-refractivity contribution is 6.27. The molecule has 2 nitrogen and oxygen atoms in total. The zero-order valence-electron chi connectivity index (χ0n) is 11.4. The minimum Gasteiger partial charge on any atom is -0.385 e. The Morgan fingerprint density at radius 1 is 1.39 bits per heavy atom. The van der Waals surface area contributed by atoms with Gasteiger partial charge < -0.3 is 5.32 Å². The molecule has 0 aliphatic rings. The predicted molar refractivity (Wildman–Crippen MR) is 79.6 cm³/mol. The van der Waals surface area contributed by atoms with Gasteiger partial charge in [0.15, 0.2) is 5.78 Å². The van der Waals surface area contributed by atoms with Crippen LogP contribution in [0.15, 0.2) is 36.0 Å². The van der Waals surface area contributed by atoms with Gasteiger partial charge in [0.2, 0.25) is 0 Å². The number of ketones is 1. The second-order valence-corrected chi connectivity index (χ2v) is 4.47. The summed E-state index contributed by atoms with van der Waals surface area (Å²) in [6.07, 6.45) is 10.7. The lowest BCUT2D eigenvalue weighted by Crippen LogP contribution is -2.18. The van der Waals surface area contributed by atoms with Crippen LogP contribution in [0, 0.1) is 5.92 Å². The summed E-state index contributed by atoms with van der Waals surface area (Å²) in [7, 11) is 1.71. The Morgan fingerprint density at radius 3 is 2.61 bits per heavy atom. The Balaban J connectivity index is 4.14. The number of unbranched alkanes of at least 4 members (excludes halogenated alkanes) is 1. The van der Waals surface area contributed by atoms with E-state index in [1.165, 1.54) is 5.54 Å². The lowest BCUT2D eigenvalue weighted by Gasteiger charge is -2.12. The zero-order chi connectivity index (χ0) is 13.8. The molecule has 18 heavy (non-hydrogen) atoms. The average Bonchev–Trinajstić information content (AvgIpc) is 2.38. The fraction of sp³-hybridized carbons (Fsp3) is 0.533. The normalized spacial score (nSPS) is 13.6. The Morgan fingerprint density at radius 2 is 2.11 bits per heavy atom. The van der Waals surface area contributed by atoms with Crippen molar-refractivity contribution in [2.75, 3.05) is 7.05 Å². The lowest BCUT2D eigenvalue weighted by atomic mass is 9.95. The third-order valence-corrected chi connectivity index (χ3v) is 3.12. The number of allylic oxidation sites excluding steroid dienone is 4. The van der Waals surface area contributed by atoms with Crippen molar-refractivity contribution in [3.05, 3.63) is 36.0 Å². The monoisotopic (exact) mass is 269 g/mol. The number of halogens is 1. The van der Waals surface area contributed by atoms with E-state index in [1.807, 2.05) is 6.08 Å².